The van der Waals surface area contributed by atoms with Crippen LogP contribution >= 0.6 is 11.6 Å². The number of hydrogen-bond donors (Lipinski definition) is 3. The summed E-state index contributed by atoms with van der Waals surface area (Å²) in [6.07, 6.45) is 1.41. The average Bonchev–Trinajstić information content (AvgIpc) is 2.79. The minimum Gasteiger partial charge on any atom is -0.508 e. The number of benzene rings is 1. The first-order valence-corrected chi connectivity index (χ1v) is 6.36. The third kappa shape index (κ3) is 2.48. The number of pyridine rings is 1. The van der Waals surface area contributed by atoms with E-state index in [1.807, 2.05) is 0 Å². The van der Waals surface area contributed by atoms with Crippen molar-refractivity contribution in [3.05, 3.63) is 47.3 Å². The van der Waals surface area contributed by atoms with Gasteiger partial charge in [-0.3, -0.25) is 4.79 Å². The Hall–Kier alpha value is -2.73. The van der Waals surface area contributed by atoms with E-state index in [1.54, 1.807) is 18.2 Å². The van der Waals surface area contributed by atoms with Crippen LogP contribution in [0.4, 0.5) is 11.5 Å². The van der Waals surface area contributed by atoms with Crippen LogP contribution in [0.2, 0.25) is 5.02 Å². The number of aromatic nitrogens is 1. The zero-order chi connectivity index (χ0) is 15.0. The fraction of sp³-hybridized carbons (Fsp3) is 0. The predicted octanol–water partition coefficient (Wildman–Crippen LogP) is 3.02. The normalized spacial score (nSPS) is 10.7. The maximum Gasteiger partial charge on any atom is 0.294 e. The number of carbonyl (C=O) groups excluding carboxylic acids is 1. The Balaban J connectivity index is 1.94. The first-order valence-electron chi connectivity index (χ1n) is 5.98. The monoisotopic (exact) mass is 303 g/mol. The van der Waals surface area contributed by atoms with Crippen LogP contribution in [0.5, 0.6) is 5.75 Å². The Kier molecular flexibility index (Phi) is 3.15. The molecule has 7 heteroatoms. The number of fused-ring (bicyclic) bond motifs is 1. The standard InChI is InChI=1S/C14H10ClN3O3/c15-7-1-4-11(17-6-7)18-14(20)13-12(16)9-5-8(19)2-3-10(9)21-13/h1-6,19H,16H2,(H,17,18,20). The summed E-state index contributed by atoms with van der Waals surface area (Å²) in [7, 11) is 0. The molecule has 0 aliphatic rings. The van der Waals surface area contributed by atoms with Gasteiger partial charge in [0.2, 0.25) is 5.76 Å². The largest absolute Gasteiger partial charge is 0.508 e. The molecule has 0 bridgehead atoms. The molecule has 2 heterocycles. The van der Waals surface area contributed by atoms with Gasteiger partial charge in [0, 0.05) is 11.6 Å². The number of phenolic OH excluding ortho intramolecular Hbond substituents is 1. The number of rotatable bonds is 2. The van der Waals surface area contributed by atoms with Crippen molar-refractivity contribution in [1.29, 1.82) is 0 Å². The highest BCUT2D eigenvalue weighted by Crippen LogP contribution is 2.31. The summed E-state index contributed by atoms with van der Waals surface area (Å²) in [6.45, 7) is 0. The zero-order valence-corrected chi connectivity index (χ0v) is 11.4. The Morgan fingerprint density at radius 2 is 2.14 bits per heavy atom. The number of furan rings is 1. The van der Waals surface area contributed by atoms with E-state index in [0.29, 0.717) is 21.8 Å². The van der Waals surface area contributed by atoms with Gasteiger partial charge in [-0.05, 0) is 30.3 Å². The first kappa shape index (κ1) is 13.3. The number of anilines is 2. The van der Waals surface area contributed by atoms with E-state index in [2.05, 4.69) is 10.3 Å². The Morgan fingerprint density at radius 3 is 2.86 bits per heavy atom. The Bertz CT molecular complexity index is 827. The highest BCUT2D eigenvalue weighted by Gasteiger charge is 2.19. The summed E-state index contributed by atoms with van der Waals surface area (Å²) in [5.41, 5.74) is 6.46. The lowest BCUT2D eigenvalue weighted by atomic mass is 10.2. The molecule has 0 radical (unpaired) electrons. The Morgan fingerprint density at radius 1 is 1.33 bits per heavy atom. The van der Waals surface area contributed by atoms with Gasteiger partial charge in [-0.15, -0.1) is 0 Å². The minimum absolute atomic E-state index is 0.0349. The van der Waals surface area contributed by atoms with Gasteiger partial charge in [0.25, 0.3) is 5.91 Å². The quantitative estimate of drug-likeness (QED) is 0.675. The summed E-state index contributed by atoms with van der Waals surface area (Å²) in [4.78, 5) is 16.1. The fourth-order valence-electron chi connectivity index (χ4n) is 1.90. The molecular weight excluding hydrogens is 294 g/mol. The fourth-order valence-corrected chi connectivity index (χ4v) is 2.01. The molecule has 2 aromatic heterocycles. The van der Waals surface area contributed by atoms with Crippen molar-refractivity contribution < 1.29 is 14.3 Å². The van der Waals surface area contributed by atoms with Gasteiger partial charge in [0.05, 0.1) is 10.7 Å². The molecule has 0 unspecified atom stereocenters. The van der Waals surface area contributed by atoms with Crippen LogP contribution in [0.1, 0.15) is 10.6 Å². The van der Waals surface area contributed by atoms with Crippen molar-refractivity contribution in [2.24, 2.45) is 0 Å². The maximum absolute atomic E-state index is 12.2. The van der Waals surface area contributed by atoms with E-state index in [-0.39, 0.29) is 17.2 Å². The highest BCUT2D eigenvalue weighted by molar-refractivity contribution is 6.30. The van der Waals surface area contributed by atoms with Gasteiger partial charge < -0.3 is 20.6 Å². The van der Waals surface area contributed by atoms with E-state index in [0.717, 1.165) is 0 Å². The number of nitrogen functional groups attached to an aromatic ring is 1. The van der Waals surface area contributed by atoms with E-state index in [1.165, 1.54) is 18.3 Å². The molecule has 3 aromatic rings. The lowest BCUT2D eigenvalue weighted by molar-refractivity contribution is 0.0999. The number of carbonyl (C=O) groups is 1. The van der Waals surface area contributed by atoms with Crippen LogP contribution in [0.25, 0.3) is 11.0 Å². The van der Waals surface area contributed by atoms with Crippen LogP contribution in [0.15, 0.2) is 40.9 Å². The number of phenols is 1. The van der Waals surface area contributed by atoms with Crippen molar-refractivity contribution in [3.63, 3.8) is 0 Å². The van der Waals surface area contributed by atoms with Crippen LogP contribution in [0.3, 0.4) is 0 Å². The molecule has 0 fully saturated rings. The van der Waals surface area contributed by atoms with Crippen molar-refractivity contribution in [1.82, 2.24) is 4.98 Å². The topological polar surface area (TPSA) is 101 Å². The second-order valence-electron chi connectivity index (χ2n) is 4.34. The lowest BCUT2D eigenvalue weighted by Crippen LogP contribution is -2.13. The van der Waals surface area contributed by atoms with Crippen molar-refractivity contribution in [3.8, 4) is 5.75 Å². The molecule has 0 atom stereocenters. The van der Waals surface area contributed by atoms with Crippen molar-refractivity contribution >= 4 is 40.0 Å². The van der Waals surface area contributed by atoms with Crippen molar-refractivity contribution in [2.75, 3.05) is 11.1 Å². The van der Waals surface area contributed by atoms with E-state index < -0.39 is 5.91 Å². The second-order valence-corrected chi connectivity index (χ2v) is 4.78. The molecule has 4 N–H and O–H groups in total. The van der Waals surface area contributed by atoms with Crippen LogP contribution in [-0.2, 0) is 0 Å². The summed E-state index contributed by atoms with van der Waals surface area (Å²) >= 11 is 5.72. The molecule has 0 saturated heterocycles. The predicted molar refractivity (Wildman–Crippen MR) is 79.5 cm³/mol. The van der Waals surface area contributed by atoms with E-state index in [4.69, 9.17) is 21.8 Å². The summed E-state index contributed by atoms with van der Waals surface area (Å²) in [6, 6.07) is 7.59. The first-order chi connectivity index (χ1) is 10.0. The average molecular weight is 304 g/mol. The van der Waals surface area contributed by atoms with E-state index >= 15 is 0 Å². The molecule has 1 amide bonds. The number of aromatic hydroxyl groups is 1. The second kappa shape index (κ2) is 4.99. The van der Waals surface area contributed by atoms with Crippen LogP contribution in [0, 0.1) is 0 Å². The molecule has 0 aliphatic heterocycles. The maximum atomic E-state index is 12.2. The van der Waals surface area contributed by atoms with E-state index in [9.17, 15) is 9.90 Å². The number of hydrogen-bond acceptors (Lipinski definition) is 5. The summed E-state index contributed by atoms with van der Waals surface area (Å²) < 4.78 is 5.41. The van der Waals surface area contributed by atoms with Gasteiger partial charge in [0.15, 0.2) is 0 Å². The zero-order valence-electron chi connectivity index (χ0n) is 10.6. The van der Waals surface area contributed by atoms with Crippen LogP contribution in [-0.4, -0.2) is 16.0 Å². The molecule has 0 spiro atoms. The SMILES string of the molecule is Nc1c(C(=O)Nc2ccc(Cl)cn2)oc2ccc(O)cc12. The molecule has 106 valence electrons. The minimum atomic E-state index is -0.530. The van der Waals surface area contributed by atoms with Gasteiger partial charge in [0.1, 0.15) is 17.2 Å². The molecule has 0 saturated carbocycles. The third-order valence-corrected chi connectivity index (χ3v) is 3.11. The summed E-state index contributed by atoms with van der Waals surface area (Å²) in [5.74, 6) is -0.196. The highest BCUT2D eigenvalue weighted by atomic mass is 35.5. The molecular formula is C14H10ClN3O3. The molecule has 6 nitrogen and oxygen atoms in total. The molecule has 1 aromatic carbocycles. The summed E-state index contributed by atoms with van der Waals surface area (Å²) in [5, 5.41) is 12.9. The lowest BCUT2D eigenvalue weighted by Gasteiger charge is -2.02. The smallest absolute Gasteiger partial charge is 0.294 e. The van der Waals surface area contributed by atoms with Gasteiger partial charge in [-0.1, -0.05) is 11.6 Å². The molecule has 3 rings (SSSR count). The molecule has 0 aliphatic carbocycles. The number of nitrogens with one attached hydrogen (secondary N) is 1. The Labute approximate surface area is 124 Å². The number of nitrogens with two attached hydrogens (primary N) is 1. The number of amides is 1. The van der Waals surface area contributed by atoms with Gasteiger partial charge >= 0.3 is 0 Å². The number of halogens is 1. The van der Waals surface area contributed by atoms with Gasteiger partial charge in [-0.2, -0.15) is 0 Å². The van der Waals surface area contributed by atoms with Gasteiger partial charge in [-0.25, -0.2) is 4.98 Å². The van der Waals surface area contributed by atoms with Crippen molar-refractivity contribution in [2.45, 2.75) is 0 Å². The number of nitrogens with zero attached hydrogens (tertiary/aromatic N) is 1. The van der Waals surface area contributed by atoms with Crippen LogP contribution < -0.4 is 11.1 Å². The third-order valence-electron chi connectivity index (χ3n) is 2.89. The molecule has 21 heavy (non-hydrogen) atoms.